The summed E-state index contributed by atoms with van der Waals surface area (Å²) < 4.78 is 3.66. The Kier molecular flexibility index (Phi) is 3.97. The van der Waals surface area contributed by atoms with E-state index in [1.54, 1.807) is 10.7 Å². The van der Waals surface area contributed by atoms with E-state index in [-0.39, 0.29) is 24.2 Å². The van der Waals surface area contributed by atoms with Gasteiger partial charge in [0, 0.05) is 47.5 Å². The number of rotatable bonds is 6. The zero-order valence-electron chi connectivity index (χ0n) is 15.3. The van der Waals surface area contributed by atoms with Crippen molar-refractivity contribution in [1.29, 1.82) is 0 Å². The van der Waals surface area contributed by atoms with Crippen molar-refractivity contribution >= 4 is 28.1 Å². The highest BCUT2D eigenvalue weighted by Gasteiger charge is 2.32. The molecule has 6 nitrogen and oxygen atoms in total. The summed E-state index contributed by atoms with van der Waals surface area (Å²) in [5.74, 6) is 0.264. The maximum absolute atomic E-state index is 12.6. The van der Waals surface area contributed by atoms with E-state index in [0.29, 0.717) is 6.54 Å². The zero-order chi connectivity index (χ0) is 19.1. The Bertz CT molecular complexity index is 1200. The molecular weight excluding hydrogens is 352 g/mol. The topological polar surface area (TPSA) is 68.4 Å². The molecule has 1 fully saturated rings. The van der Waals surface area contributed by atoms with Gasteiger partial charge in [0.1, 0.15) is 6.54 Å². The lowest BCUT2D eigenvalue weighted by Gasteiger charge is -2.08. The van der Waals surface area contributed by atoms with Gasteiger partial charge < -0.3 is 9.88 Å². The molecule has 0 radical (unpaired) electrons. The Balaban J connectivity index is 1.35. The summed E-state index contributed by atoms with van der Waals surface area (Å²) >= 11 is 0. The van der Waals surface area contributed by atoms with Crippen LogP contribution in [-0.2, 0) is 17.9 Å². The van der Waals surface area contributed by atoms with E-state index in [9.17, 15) is 9.59 Å². The van der Waals surface area contributed by atoms with Crippen LogP contribution in [0.3, 0.4) is 0 Å². The van der Waals surface area contributed by atoms with E-state index in [1.165, 1.54) is 0 Å². The molecule has 1 aliphatic rings. The van der Waals surface area contributed by atoms with E-state index in [2.05, 4.69) is 10.4 Å². The molecule has 5 rings (SSSR count). The summed E-state index contributed by atoms with van der Waals surface area (Å²) in [5, 5.41) is 8.12. The number of amides is 1. The number of nitrogens with one attached hydrogen (secondary N) is 1. The Morgan fingerprint density at radius 1 is 1.07 bits per heavy atom. The highest BCUT2D eigenvalue weighted by atomic mass is 16.2. The van der Waals surface area contributed by atoms with E-state index in [4.69, 9.17) is 0 Å². The summed E-state index contributed by atoms with van der Waals surface area (Å²) in [6, 6.07) is 13.6. The molecule has 1 amide bonds. The summed E-state index contributed by atoms with van der Waals surface area (Å²) in [7, 11) is 0. The molecule has 0 saturated heterocycles. The van der Waals surface area contributed by atoms with Crippen LogP contribution in [0.5, 0.6) is 0 Å². The highest BCUT2D eigenvalue weighted by Crippen LogP contribution is 2.35. The van der Waals surface area contributed by atoms with Crippen molar-refractivity contribution in [3.63, 3.8) is 0 Å². The smallest absolute Gasteiger partial charge is 0.240 e. The SMILES string of the molecule is O=C(Cn1cc(C(=O)C2CC2)c2ccccc21)NCc1cccn2nccc12. The van der Waals surface area contributed by atoms with Gasteiger partial charge in [-0.2, -0.15) is 5.10 Å². The van der Waals surface area contributed by atoms with Crippen LogP contribution in [0.1, 0.15) is 28.8 Å². The number of hydrogen-bond acceptors (Lipinski definition) is 3. The van der Waals surface area contributed by atoms with Crippen molar-refractivity contribution in [2.45, 2.75) is 25.9 Å². The molecule has 0 aliphatic heterocycles. The van der Waals surface area contributed by atoms with Crippen molar-refractivity contribution < 1.29 is 9.59 Å². The number of nitrogens with zero attached hydrogens (tertiary/aromatic N) is 3. The Morgan fingerprint density at radius 3 is 2.79 bits per heavy atom. The summed E-state index contributed by atoms with van der Waals surface area (Å²) in [4.78, 5) is 25.2. The van der Waals surface area contributed by atoms with Gasteiger partial charge in [0.25, 0.3) is 0 Å². The standard InChI is InChI=1S/C22H20N4O2/c27-21(23-12-16-4-3-11-26-19(16)9-10-24-26)14-25-13-18(22(28)15-7-8-15)17-5-1-2-6-20(17)25/h1-6,9-11,13,15H,7-8,12,14H2,(H,23,27). The number of carbonyl (C=O) groups excluding carboxylic acids is 2. The summed E-state index contributed by atoms with van der Waals surface area (Å²) in [6.07, 6.45) is 7.40. The second kappa shape index (κ2) is 6.64. The third-order valence-electron chi connectivity index (χ3n) is 5.32. The van der Waals surface area contributed by atoms with Gasteiger partial charge in [-0.1, -0.05) is 24.3 Å². The molecule has 0 unspecified atom stereocenters. The van der Waals surface area contributed by atoms with Gasteiger partial charge in [0.2, 0.25) is 5.91 Å². The predicted molar refractivity (Wildman–Crippen MR) is 106 cm³/mol. The first kappa shape index (κ1) is 16.7. The van der Waals surface area contributed by atoms with Crippen LogP contribution in [-0.4, -0.2) is 25.9 Å². The predicted octanol–water partition coefficient (Wildman–Crippen LogP) is 3.20. The van der Waals surface area contributed by atoms with Crippen LogP contribution >= 0.6 is 0 Å². The van der Waals surface area contributed by atoms with Crippen LogP contribution in [0.4, 0.5) is 0 Å². The molecule has 4 aromatic rings. The van der Waals surface area contributed by atoms with Crippen LogP contribution in [0.25, 0.3) is 16.4 Å². The molecule has 1 aliphatic carbocycles. The first-order chi connectivity index (χ1) is 13.7. The first-order valence-electron chi connectivity index (χ1n) is 9.51. The molecule has 0 bridgehead atoms. The number of carbonyl (C=O) groups is 2. The number of Topliss-reactive ketones (excluding diaryl/α,β-unsaturated/α-hetero) is 1. The van der Waals surface area contributed by atoms with E-state index < -0.39 is 0 Å². The van der Waals surface area contributed by atoms with Gasteiger partial charge in [-0.3, -0.25) is 9.59 Å². The minimum absolute atomic E-state index is 0.0901. The highest BCUT2D eigenvalue weighted by molar-refractivity contribution is 6.10. The Hall–Kier alpha value is -3.41. The van der Waals surface area contributed by atoms with Crippen LogP contribution < -0.4 is 5.32 Å². The second-order valence-electron chi connectivity index (χ2n) is 7.30. The molecule has 0 atom stereocenters. The van der Waals surface area contributed by atoms with Crippen molar-refractivity contribution in [3.05, 3.63) is 72.2 Å². The molecule has 1 aromatic carbocycles. The molecular formula is C22H20N4O2. The fourth-order valence-electron chi connectivity index (χ4n) is 3.71. The van der Waals surface area contributed by atoms with Gasteiger partial charge in [-0.05, 0) is 36.6 Å². The number of fused-ring (bicyclic) bond motifs is 2. The molecule has 1 N–H and O–H groups in total. The average Bonchev–Trinajstić information content (AvgIpc) is 3.34. The number of ketones is 1. The van der Waals surface area contributed by atoms with E-state index in [1.807, 2.05) is 59.4 Å². The third kappa shape index (κ3) is 2.97. The third-order valence-corrected chi connectivity index (χ3v) is 5.32. The van der Waals surface area contributed by atoms with Crippen molar-refractivity contribution in [2.24, 2.45) is 5.92 Å². The van der Waals surface area contributed by atoms with Crippen molar-refractivity contribution in [3.8, 4) is 0 Å². The van der Waals surface area contributed by atoms with Crippen LogP contribution in [0.15, 0.2) is 61.1 Å². The minimum Gasteiger partial charge on any atom is -0.350 e. The minimum atomic E-state index is -0.0901. The number of para-hydroxylation sites is 1. The molecule has 3 heterocycles. The monoisotopic (exact) mass is 372 g/mol. The summed E-state index contributed by atoms with van der Waals surface area (Å²) in [6.45, 7) is 0.614. The average molecular weight is 372 g/mol. The lowest BCUT2D eigenvalue weighted by molar-refractivity contribution is -0.121. The van der Waals surface area contributed by atoms with Gasteiger partial charge in [0.05, 0.1) is 5.52 Å². The maximum Gasteiger partial charge on any atom is 0.240 e. The van der Waals surface area contributed by atoms with Crippen LogP contribution in [0, 0.1) is 5.92 Å². The summed E-state index contributed by atoms with van der Waals surface area (Å²) in [5.41, 5.74) is 3.64. The Morgan fingerprint density at radius 2 is 1.93 bits per heavy atom. The fraction of sp³-hybridized carbons (Fsp3) is 0.227. The normalized spacial score (nSPS) is 13.9. The van der Waals surface area contributed by atoms with Gasteiger partial charge in [-0.15, -0.1) is 0 Å². The number of aromatic nitrogens is 3. The second-order valence-corrected chi connectivity index (χ2v) is 7.30. The largest absolute Gasteiger partial charge is 0.350 e. The fourth-order valence-corrected chi connectivity index (χ4v) is 3.71. The number of hydrogen-bond donors (Lipinski definition) is 1. The van der Waals surface area contributed by atoms with Gasteiger partial charge in [0.15, 0.2) is 5.78 Å². The van der Waals surface area contributed by atoms with E-state index >= 15 is 0 Å². The number of pyridine rings is 1. The van der Waals surface area contributed by atoms with Gasteiger partial charge >= 0.3 is 0 Å². The molecule has 3 aromatic heterocycles. The van der Waals surface area contributed by atoms with Gasteiger partial charge in [-0.25, -0.2) is 4.52 Å². The Labute approximate surface area is 161 Å². The first-order valence-corrected chi connectivity index (χ1v) is 9.51. The lowest BCUT2D eigenvalue weighted by Crippen LogP contribution is -2.27. The molecule has 0 spiro atoms. The zero-order valence-corrected chi connectivity index (χ0v) is 15.3. The lowest BCUT2D eigenvalue weighted by atomic mass is 10.1. The van der Waals surface area contributed by atoms with E-state index in [0.717, 1.165) is 40.4 Å². The maximum atomic E-state index is 12.6. The molecule has 140 valence electrons. The van der Waals surface area contributed by atoms with Crippen molar-refractivity contribution in [1.82, 2.24) is 19.5 Å². The molecule has 1 saturated carbocycles. The molecule has 28 heavy (non-hydrogen) atoms. The van der Waals surface area contributed by atoms with Crippen LogP contribution in [0.2, 0.25) is 0 Å². The molecule has 6 heteroatoms. The number of benzene rings is 1. The quantitative estimate of drug-likeness (QED) is 0.529. The van der Waals surface area contributed by atoms with Crippen molar-refractivity contribution in [2.75, 3.05) is 0 Å².